The Morgan fingerprint density at radius 1 is 0.692 bits per heavy atom. The lowest BCUT2D eigenvalue weighted by atomic mass is 9.86. The smallest absolute Gasteiger partial charge is 0.0971 e. The van der Waals surface area contributed by atoms with E-state index in [4.69, 9.17) is 10.2 Å². The number of allylic oxidation sites excluding steroid dienone is 2. The molecule has 3 aromatic rings. The summed E-state index contributed by atoms with van der Waals surface area (Å²) in [6, 6.07) is 21.1. The average molecular weight is 338 g/mol. The van der Waals surface area contributed by atoms with Crippen LogP contribution in [0, 0.1) is 0 Å². The van der Waals surface area contributed by atoms with Gasteiger partial charge in [-0.25, -0.2) is 0 Å². The highest BCUT2D eigenvalue weighted by atomic mass is 15.1. The second-order valence-corrected chi connectivity index (χ2v) is 7.59. The van der Waals surface area contributed by atoms with Crippen molar-refractivity contribution in [3.63, 3.8) is 0 Å². The van der Waals surface area contributed by atoms with E-state index in [1.165, 1.54) is 40.7 Å². The van der Waals surface area contributed by atoms with Gasteiger partial charge in [0.05, 0.1) is 11.4 Å². The third-order valence-corrected chi connectivity index (χ3v) is 5.91. The van der Waals surface area contributed by atoms with Crippen LogP contribution in [0.25, 0.3) is 22.5 Å². The van der Waals surface area contributed by atoms with Gasteiger partial charge < -0.3 is 0 Å². The topological polar surface area (TPSA) is 25.8 Å². The van der Waals surface area contributed by atoms with Gasteiger partial charge in [-0.15, -0.1) is 10.2 Å². The minimum atomic E-state index is 0.508. The minimum absolute atomic E-state index is 0.508. The first-order chi connectivity index (χ1) is 12.8. The van der Waals surface area contributed by atoms with Crippen LogP contribution >= 0.6 is 0 Å². The summed E-state index contributed by atoms with van der Waals surface area (Å²) in [6.07, 6.45) is 2.47. The highest BCUT2D eigenvalue weighted by Gasteiger charge is 2.45. The Kier molecular flexibility index (Phi) is 3.53. The molecule has 0 N–H and O–H groups in total. The largest absolute Gasteiger partial charge is 0.150 e. The highest BCUT2D eigenvalue weighted by molar-refractivity contribution is 5.77. The number of hydrogen-bond donors (Lipinski definition) is 0. The fourth-order valence-corrected chi connectivity index (χ4v) is 4.97. The SMILES string of the molecule is CC(C)=C1[C@H]2CC[C@@H]1c1c(-c3ccccc3)nnc(-c3ccccc3)c12. The molecule has 0 unspecified atom stereocenters. The molecule has 1 aromatic heterocycles. The van der Waals surface area contributed by atoms with E-state index >= 15 is 0 Å². The van der Waals surface area contributed by atoms with Crippen LogP contribution in [0.2, 0.25) is 0 Å². The number of benzene rings is 2. The predicted molar refractivity (Wildman–Crippen MR) is 106 cm³/mol. The van der Waals surface area contributed by atoms with Gasteiger partial charge in [-0.1, -0.05) is 71.8 Å². The molecule has 2 aliphatic carbocycles. The Morgan fingerprint density at radius 2 is 1.12 bits per heavy atom. The number of rotatable bonds is 2. The van der Waals surface area contributed by atoms with E-state index in [2.05, 4.69) is 74.5 Å². The Labute approximate surface area is 154 Å². The van der Waals surface area contributed by atoms with E-state index in [0.29, 0.717) is 11.8 Å². The predicted octanol–water partition coefficient (Wildman–Crippen LogP) is 6.12. The Bertz CT molecular complexity index is 923. The summed E-state index contributed by atoms with van der Waals surface area (Å²) >= 11 is 0. The summed E-state index contributed by atoms with van der Waals surface area (Å²) in [5.41, 5.74) is 10.4. The molecule has 0 amide bonds. The van der Waals surface area contributed by atoms with Crippen molar-refractivity contribution in [1.82, 2.24) is 10.2 Å². The first-order valence-corrected chi connectivity index (χ1v) is 9.44. The Balaban J connectivity index is 1.81. The van der Waals surface area contributed by atoms with Crippen LogP contribution in [0.15, 0.2) is 71.8 Å². The van der Waals surface area contributed by atoms with Gasteiger partial charge >= 0.3 is 0 Å². The van der Waals surface area contributed by atoms with Crippen LogP contribution in [0.4, 0.5) is 0 Å². The van der Waals surface area contributed by atoms with Crippen LogP contribution < -0.4 is 0 Å². The quantitative estimate of drug-likeness (QED) is 0.526. The lowest BCUT2D eigenvalue weighted by molar-refractivity contribution is 0.709. The number of hydrogen-bond acceptors (Lipinski definition) is 2. The number of fused-ring (bicyclic) bond motifs is 5. The van der Waals surface area contributed by atoms with Gasteiger partial charge in [0, 0.05) is 23.0 Å². The molecule has 2 heteroatoms. The van der Waals surface area contributed by atoms with Gasteiger partial charge in [-0.2, -0.15) is 0 Å². The zero-order valence-corrected chi connectivity index (χ0v) is 15.2. The Hall–Kier alpha value is -2.74. The molecule has 0 saturated heterocycles. The minimum Gasteiger partial charge on any atom is -0.150 e. The van der Waals surface area contributed by atoms with E-state index in [9.17, 15) is 0 Å². The van der Waals surface area contributed by atoms with Crippen LogP contribution in [-0.4, -0.2) is 10.2 Å². The van der Waals surface area contributed by atoms with Gasteiger partial charge in [-0.3, -0.25) is 0 Å². The van der Waals surface area contributed by atoms with Crippen LogP contribution in [0.5, 0.6) is 0 Å². The third kappa shape index (κ3) is 2.18. The van der Waals surface area contributed by atoms with Gasteiger partial charge in [0.1, 0.15) is 0 Å². The van der Waals surface area contributed by atoms with Crippen molar-refractivity contribution in [2.45, 2.75) is 38.5 Å². The van der Waals surface area contributed by atoms with E-state index < -0.39 is 0 Å². The molecule has 1 saturated carbocycles. The van der Waals surface area contributed by atoms with E-state index in [-0.39, 0.29) is 0 Å². The first-order valence-electron chi connectivity index (χ1n) is 9.44. The van der Waals surface area contributed by atoms with Crippen molar-refractivity contribution in [3.05, 3.63) is 82.9 Å². The third-order valence-electron chi connectivity index (χ3n) is 5.91. The second kappa shape index (κ2) is 5.91. The summed E-state index contributed by atoms with van der Waals surface area (Å²) in [5, 5.41) is 9.47. The summed E-state index contributed by atoms with van der Waals surface area (Å²) in [5.74, 6) is 1.02. The molecule has 1 fully saturated rings. The molecule has 2 aromatic carbocycles. The molecule has 2 atom stereocenters. The monoisotopic (exact) mass is 338 g/mol. The van der Waals surface area contributed by atoms with E-state index in [1.807, 2.05) is 0 Å². The maximum Gasteiger partial charge on any atom is 0.0971 e. The fourth-order valence-electron chi connectivity index (χ4n) is 4.97. The zero-order chi connectivity index (χ0) is 17.7. The van der Waals surface area contributed by atoms with Crippen LogP contribution in [-0.2, 0) is 0 Å². The summed E-state index contributed by atoms with van der Waals surface area (Å²) in [4.78, 5) is 0. The molecule has 1 heterocycles. The molecule has 0 radical (unpaired) electrons. The summed E-state index contributed by atoms with van der Waals surface area (Å²) in [7, 11) is 0. The molecule has 0 spiro atoms. The van der Waals surface area contributed by atoms with Crippen molar-refractivity contribution < 1.29 is 0 Å². The standard InChI is InChI=1S/C24H22N2/c1-15(2)20-18-13-14-19(20)22-21(18)23(16-9-5-3-6-10-16)25-26-24(22)17-11-7-4-8-12-17/h3-12,18-19H,13-14H2,1-2H3/t18-,19+. The number of nitrogens with zero attached hydrogens (tertiary/aromatic N) is 2. The maximum atomic E-state index is 4.74. The molecule has 2 aliphatic rings. The zero-order valence-electron chi connectivity index (χ0n) is 15.2. The van der Waals surface area contributed by atoms with E-state index in [1.54, 1.807) is 5.57 Å². The van der Waals surface area contributed by atoms with E-state index in [0.717, 1.165) is 11.4 Å². The molecule has 2 bridgehead atoms. The molecule has 128 valence electrons. The average Bonchev–Trinajstić information content (AvgIpc) is 3.26. The molecule has 2 nitrogen and oxygen atoms in total. The van der Waals surface area contributed by atoms with Crippen molar-refractivity contribution in [1.29, 1.82) is 0 Å². The van der Waals surface area contributed by atoms with Gasteiger partial charge in [0.2, 0.25) is 0 Å². The summed E-state index contributed by atoms with van der Waals surface area (Å²) in [6.45, 7) is 4.52. The molecule has 26 heavy (non-hydrogen) atoms. The van der Waals surface area contributed by atoms with Crippen molar-refractivity contribution in [2.24, 2.45) is 0 Å². The van der Waals surface area contributed by atoms with Gasteiger partial charge in [0.25, 0.3) is 0 Å². The number of aromatic nitrogens is 2. The molecular formula is C24H22N2. The summed E-state index contributed by atoms with van der Waals surface area (Å²) < 4.78 is 0. The van der Waals surface area contributed by atoms with Gasteiger partial charge in [0.15, 0.2) is 0 Å². The normalized spacial score (nSPS) is 20.3. The van der Waals surface area contributed by atoms with Gasteiger partial charge in [-0.05, 0) is 37.8 Å². The lowest BCUT2D eigenvalue weighted by Crippen LogP contribution is -2.07. The molecule has 0 aliphatic heterocycles. The lowest BCUT2D eigenvalue weighted by Gasteiger charge is -2.20. The fraction of sp³-hybridized carbons (Fsp3) is 0.250. The molecular weight excluding hydrogens is 316 g/mol. The maximum absolute atomic E-state index is 4.74. The van der Waals surface area contributed by atoms with Crippen molar-refractivity contribution >= 4 is 0 Å². The van der Waals surface area contributed by atoms with Crippen molar-refractivity contribution in [3.8, 4) is 22.5 Å². The van der Waals surface area contributed by atoms with Crippen LogP contribution in [0.1, 0.15) is 49.7 Å². The molecule has 5 rings (SSSR count). The first kappa shape index (κ1) is 15.5. The Morgan fingerprint density at radius 3 is 1.50 bits per heavy atom. The van der Waals surface area contributed by atoms with Crippen LogP contribution in [0.3, 0.4) is 0 Å². The van der Waals surface area contributed by atoms with Crippen molar-refractivity contribution in [2.75, 3.05) is 0 Å². The highest BCUT2D eigenvalue weighted by Crippen LogP contribution is 2.61. The second-order valence-electron chi connectivity index (χ2n) is 7.59.